The number of para-hydroxylation sites is 1. The Hall–Kier alpha value is -3.41. The van der Waals surface area contributed by atoms with Crippen LogP contribution in [0.4, 0.5) is 23.0 Å². The van der Waals surface area contributed by atoms with Crippen LogP contribution in [0.1, 0.15) is 28.2 Å². The molecule has 0 atom stereocenters. The minimum Gasteiger partial charge on any atom is -0.465 e. The highest BCUT2D eigenvalue weighted by molar-refractivity contribution is 5.89. The van der Waals surface area contributed by atoms with E-state index in [9.17, 15) is 4.79 Å². The van der Waals surface area contributed by atoms with Crippen molar-refractivity contribution in [1.29, 1.82) is 0 Å². The molecule has 0 spiro atoms. The third kappa shape index (κ3) is 3.67. The van der Waals surface area contributed by atoms with Crippen molar-refractivity contribution in [1.82, 2.24) is 9.97 Å². The predicted molar refractivity (Wildman–Crippen MR) is 110 cm³/mol. The molecular weight excluding hydrogens is 352 g/mol. The monoisotopic (exact) mass is 374 g/mol. The van der Waals surface area contributed by atoms with E-state index in [-0.39, 0.29) is 5.97 Å². The van der Waals surface area contributed by atoms with E-state index in [0.717, 1.165) is 36.7 Å². The Morgan fingerprint density at radius 2 is 1.89 bits per heavy atom. The molecule has 0 saturated heterocycles. The third-order valence-corrected chi connectivity index (χ3v) is 4.79. The second kappa shape index (κ2) is 7.68. The van der Waals surface area contributed by atoms with Crippen molar-refractivity contribution in [3.05, 3.63) is 71.5 Å². The summed E-state index contributed by atoms with van der Waals surface area (Å²) in [5.74, 6) is 1.95. The molecule has 0 saturated carbocycles. The van der Waals surface area contributed by atoms with Crippen molar-refractivity contribution in [3.8, 4) is 0 Å². The van der Waals surface area contributed by atoms with Crippen molar-refractivity contribution in [2.75, 3.05) is 23.9 Å². The normalized spacial score (nSPS) is 13.0. The second-order valence-corrected chi connectivity index (χ2v) is 6.74. The highest BCUT2D eigenvalue weighted by atomic mass is 16.5. The molecule has 2 aromatic carbocycles. The number of nitrogens with one attached hydrogen (secondary N) is 1. The zero-order valence-corrected chi connectivity index (χ0v) is 16.0. The van der Waals surface area contributed by atoms with E-state index >= 15 is 0 Å². The molecule has 1 aromatic heterocycles. The number of carbonyl (C=O) groups excluding carboxylic acids is 1. The number of nitrogens with zero attached hydrogens (tertiary/aromatic N) is 3. The molecule has 6 nitrogen and oxygen atoms in total. The van der Waals surface area contributed by atoms with E-state index in [1.807, 2.05) is 25.1 Å². The number of benzene rings is 2. The maximum Gasteiger partial charge on any atom is 0.337 e. The number of ether oxygens (including phenoxy) is 1. The molecule has 1 aliphatic rings. The molecule has 4 rings (SSSR count). The van der Waals surface area contributed by atoms with Crippen molar-refractivity contribution >= 4 is 29.0 Å². The molecule has 6 heteroatoms. The van der Waals surface area contributed by atoms with Gasteiger partial charge in [0, 0.05) is 24.0 Å². The van der Waals surface area contributed by atoms with Crippen LogP contribution in [0, 0.1) is 6.92 Å². The molecule has 0 radical (unpaired) electrons. The smallest absolute Gasteiger partial charge is 0.337 e. The number of esters is 1. The lowest BCUT2D eigenvalue weighted by Crippen LogP contribution is -2.25. The van der Waals surface area contributed by atoms with Gasteiger partial charge in [0.25, 0.3) is 0 Å². The summed E-state index contributed by atoms with van der Waals surface area (Å²) >= 11 is 0. The second-order valence-electron chi connectivity index (χ2n) is 6.74. The summed E-state index contributed by atoms with van der Waals surface area (Å²) < 4.78 is 4.74. The first-order valence-electron chi connectivity index (χ1n) is 9.30. The average molecular weight is 374 g/mol. The summed E-state index contributed by atoms with van der Waals surface area (Å²) in [5, 5.41) is 3.30. The lowest BCUT2D eigenvalue weighted by Gasteiger charge is -2.30. The van der Waals surface area contributed by atoms with E-state index in [1.54, 1.807) is 12.1 Å². The number of methoxy groups -OCH3 is 1. The zero-order valence-electron chi connectivity index (χ0n) is 16.0. The van der Waals surface area contributed by atoms with Crippen LogP contribution in [0.2, 0.25) is 0 Å². The fraction of sp³-hybridized carbons (Fsp3) is 0.227. The molecule has 1 N–H and O–H groups in total. The van der Waals surface area contributed by atoms with Crippen LogP contribution in [0.15, 0.2) is 54.6 Å². The van der Waals surface area contributed by atoms with Crippen LogP contribution < -0.4 is 10.2 Å². The summed E-state index contributed by atoms with van der Waals surface area (Å²) in [6, 6.07) is 17.5. The van der Waals surface area contributed by atoms with Gasteiger partial charge in [-0.15, -0.1) is 0 Å². The molecule has 28 heavy (non-hydrogen) atoms. The molecule has 0 aliphatic carbocycles. The number of fused-ring (bicyclic) bond motifs is 1. The van der Waals surface area contributed by atoms with Gasteiger partial charge in [-0.25, -0.2) is 14.8 Å². The van der Waals surface area contributed by atoms with E-state index in [4.69, 9.17) is 4.74 Å². The Kier molecular flexibility index (Phi) is 4.93. The molecule has 0 amide bonds. The van der Waals surface area contributed by atoms with Crippen molar-refractivity contribution < 1.29 is 9.53 Å². The van der Waals surface area contributed by atoms with Gasteiger partial charge in [-0.05, 0) is 55.7 Å². The summed E-state index contributed by atoms with van der Waals surface area (Å²) in [6.45, 7) is 2.83. The van der Waals surface area contributed by atoms with E-state index in [0.29, 0.717) is 11.4 Å². The van der Waals surface area contributed by atoms with Crippen LogP contribution in [0.5, 0.6) is 0 Å². The van der Waals surface area contributed by atoms with E-state index < -0.39 is 0 Å². The van der Waals surface area contributed by atoms with Gasteiger partial charge in [0.05, 0.1) is 12.7 Å². The SMILES string of the molecule is COC(=O)c1ccc(Nc2cc(N3CCCc4ccccc43)nc(C)n2)cc1. The van der Waals surface area contributed by atoms with Crippen LogP contribution in [0.3, 0.4) is 0 Å². The lowest BCUT2D eigenvalue weighted by atomic mass is 10.0. The maximum atomic E-state index is 11.6. The molecule has 0 unspecified atom stereocenters. The van der Waals surface area contributed by atoms with Crippen molar-refractivity contribution in [2.45, 2.75) is 19.8 Å². The lowest BCUT2D eigenvalue weighted by molar-refractivity contribution is 0.0601. The van der Waals surface area contributed by atoms with Crippen LogP contribution in [0.25, 0.3) is 0 Å². The topological polar surface area (TPSA) is 67.3 Å². The number of anilines is 4. The summed E-state index contributed by atoms with van der Waals surface area (Å²) in [4.78, 5) is 23.0. The first-order chi connectivity index (χ1) is 13.6. The molecule has 0 bridgehead atoms. The van der Waals surface area contributed by atoms with Crippen LogP contribution >= 0.6 is 0 Å². The highest BCUT2D eigenvalue weighted by Crippen LogP contribution is 2.33. The van der Waals surface area contributed by atoms with Gasteiger partial charge in [-0.1, -0.05) is 18.2 Å². The van der Waals surface area contributed by atoms with Crippen LogP contribution in [-0.4, -0.2) is 29.6 Å². The fourth-order valence-corrected chi connectivity index (χ4v) is 3.48. The number of rotatable bonds is 4. The third-order valence-electron chi connectivity index (χ3n) is 4.79. The van der Waals surface area contributed by atoms with Gasteiger partial charge < -0.3 is 15.0 Å². The highest BCUT2D eigenvalue weighted by Gasteiger charge is 2.19. The number of hydrogen-bond donors (Lipinski definition) is 1. The Morgan fingerprint density at radius 1 is 1.11 bits per heavy atom. The molecular formula is C22H22N4O2. The van der Waals surface area contributed by atoms with Crippen LogP contribution in [-0.2, 0) is 11.2 Å². The maximum absolute atomic E-state index is 11.6. The summed E-state index contributed by atoms with van der Waals surface area (Å²) in [6.07, 6.45) is 2.19. The first kappa shape index (κ1) is 18.0. The predicted octanol–water partition coefficient (Wildman–Crippen LogP) is 4.40. The van der Waals surface area contributed by atoms with E-state index in [1.165, 1.54) is 18.4 Å². The Bertz CT molecular complexity index is 1000. The molecule has 0 fully saturated rings. The molecule has 3 aromatic rings. The standard InChI is InChI=1S/C22H22N4O2/c1-15-23-20(25-18-11-9-17(10-12-18)22(27)28-2)14-21(24-15)26-13-5-7-16-6-3-4-8-19(16)26/h3-4,6,8-12,14H,5,7,13H2,1-2H3,(H,23,24,25). The minimum atomic E-state index is -0.351. The number of carbonyl (C=O) groups is 1. The van der Waals surface area contributed by atoms with Gasteiger partial charge in [-0.3, -0.25) is 0 Å². The van der Waals surface area contributed by atoms with Gasteiger partial charge in [0.1, 0.15) is 17.5 Å². The number of hydrogen-bond acceptors (Lipinski definition) is 6. The van der Waals surface area contributed by atoms with E-state index in [2.05, 4.69) is 44.5 Å². The van der Waals surface area contributed by atoms with Crippen molar-refractivity contribution in [3.63, 3.8) is 0 Å². The first-order valence-corrected chi connectivity index (χ1v) is 9.30. The average Bonchev–Trinajstić information content (AvgIpc) is 2.73. The summed E-state index contributed by atoms with van der Waals surface area (Å²) in [5.41, 5.74) is 3.91. The summed E-state index contributed by atoms with van der Waals surface area (Å²) in [7, 11) is 1.37. The molecule has 1 aliphatic heterocycles. The van der Waals surface area contributed by atoms with Gasteiger partial charge >= 0.3 is 5.97 Å². The van der Waals surface area contributed by atoms with Gasteiger partial charge in [0.15, 0.2) is 0 Å². The minimum absolute atomic E-state index is 0.351. The number of aromatic nitrogens is 2. The molecule has 2 heterocycles. The molecule has 142 valence electrons. The van der Waals surface area contributed by atoms with Crippen molar-refractivity contribution in [2.24, 2.45) is 0 Å². The van der Waals surface area contributed by atoms with Gasteiger partial charge in [-0.2, -0.15) is 0 Å². The Balaban J connectivity index is 1.61. The van der Waals surface area contributed by atoms with Gasteiger partial charge in [0.2, 0.25) is 0 Å². The Morgan fingerprint density at radius 3 is 2.68 bits per heavy atom. The zero-order chi connectivity index (χ0) is 19.5. The number of aryl methyl sites for hydroxylation is 2. The Labute approximate surface area is 164 Å². The quantitative estimate of drug-likeness (QED) is 0.683. The fourth-order valence-electron chi connectivity index (χ4n) is 3.48. The largest absolute Gasteiger partial charge is 0.465 e.